The maximum atomic E-state index is 10.1. The number of benzene rings is 4. The van der Waals surface area contributed by atoms with Gasteiger partial charge in [-0.05, 0) is 89.9 Å². The molecule has 0 amide bonds. The van der Waals surface area contributed by atoms with Gasteiger partial charge >= 0.3 is 0 Å². The predicted molar refractivity (Wildman–Crippen MR) is 146 cm³/mol. The Morgan fingerprint density at radius 2 is 1.17 bits per heavy atom. The number of hydrogen-bond acceptors (Lipinski definition) is 2. The molecule has 0 bridgehead atoms. The van der Waals surface area contributed by atoms with Crippen molar-refractivity contribution in [2.75, 3.05) is 0 Å². The van der Waals surface area contributed by atoms with E-state index in [4.69, 9.17) is 11.6 Å². The molecule has 0 spiro atoms. The molecule has 0 aliphatic heterocycles. The lowest BCUT2D eigenvalue weighted by Crippen LogP contribution is -2.19. The van der Waals surface area contributed by atoms with E-state index in [1.165, 1.54) is 27.8 Å². The third-order valence-electron chi connectivity index (χ3n) is 7.36. The molecule has 0 heterocycles. The molecule has 4 aromatic rings. The standard InChI is InChI=1S/C32H33ClO2/c1-19-7-8-24(15-20(19)2)30(25-11-14-29(34)21(3)16-25)23-9-12-26(13-10-23)32(5,6)27-17-22(4)31(35)28(33)18-27/h7-18,30,34-35H,1-6H3. The highest BCUT2D eigenvalue weighted by Crippen LogP contribution is 2.39. The zero-order chi connectivity index (χ0) is 25.5. The van der Waals surface area contributed by atoms with Crippen molar-refractivity contribution in [3.8, 4) is 11.5 Å². The fraction of sp³-hybridized carbons (Fsp3) is 0.250. The molecule has 1 unspecified atom stereocenters. The van der Waals surface area contributed by atoms with E-state index in [0.717, 1.165) is 22.3 Å². The summed E-state index contributed by atoms with van der Waals surface area (Å²) in [6.45, 7) is 12.4. The van der Waals surface area contributed by atoms with E-state index in [1.54, 1.807) is 6.07 Å². The lowest BCUT2D eigenvalue weighted by atomic mass is 9.76. The largest absolute Gasteiger partial charge is 0.508 e. The summed E-state index contributed by atoms with van der Waals surface area (Å²) in [5, 5.41) is 20.6. The molecular weight excluding hydrogens is 452 g/mol. The van der Waals surface area contributed by atoms with Crippen LogP contribution in [0.1, 0.15) is 69.8 Å². The maximum absolute atomic E-state index is 10.1. The van der Waals surface area contributed by atoms with Crippen molar-refractivity contribution in [1.29, 1.82) is 0 Å². The number of hydrogen-bond donors (Lipinski definition) is 2. The third-order valence-corrected chi connectivity index (χ3v) is 7.65. The molecule has 2 nitrogen and oxygen atoms in total. The van der Waals surface area contributed by atoms with E-state index in [2.05, 4.69) is 76.2 Å². The first-order valence-corrected chi connectivity index (χ1v) is 12.3. The normalized spacial score (nSPS) is 12.5. The summed E-state index contributed by atoms with van der Waals surface area (Å²) in [5.74, 6) is 0.505. The minimum Gasteiger partial charge on any atom is -0.508 e. The summed E-state index contributed by atoms with van der Waals surface area (Å²) in [6, 6.07) is 25.2. The van der Waals surface area contributed by atoms with Gasteiger partial charge in [0.1, 0.15) is 11.5 Å². The van der Waals surface area contributed by atoms with E-state index < -0.39 is 0 Å². The van der Waals surface area contributed by atoms with Crippen LogP contribution in [-0.4, -0.2) is 10.2 Å². The highest BCUT2D eigenvalue weighted by atomic mass is 35.5. The van der Waals surface area contributed by atoms with Gasteiger partial charge in [-0.3, -0.25) is 0 Å². The number of phenols is 2. The van der Waals surface area contributed by atoms with Crippen LogP contribution in [-0.2, 0) is 5.41 Å². The zero-order valence-electron chi connectivity index (χ0n) is 21.3. The number of halogens is 1. The SMILES string of the molecule is Cc1ccc(C(c2ccc(C(C)(C)c3cc(C)c(O)c(Cl)c3)cc2)c2ccc(O)c(C)c2)cc1C. The predicted octanol–water partition coefficient (Wildman–Crippen LogP) is 8.49. The van der Waals surface area contributed by atoms with Crippen LogP contribution >= 0.6 is 11.6 Å². The molecule has 4 rings (SSSR count). The summed E-state index contributed by atoms with van der Waals surface area (Å²) < 4.78 is 0. The molecule has 35 heavy (non-hydrogen) atoms. The van der Waals surface area contributed by atoms with Crippen LogP contribution in [0.3, 0.4) is 0 Å². The van der Waals surface area contributed by atoms with Gasteiger partial charge in [-0.25, -0.2) is 0 Å². The second-order valence-corrected chi connectivity index (χ2v) is 10.6. The van der Waals surface area contributed by atoms with Gasteiger partial charge in [0.2, 0.25) is 0 Å². The molecule has 0 radical (unpaired) electrons. The monoisotopic (exact) mass is 484 g/mol. The smallest absolute Gasteiger partial charge is 0.137 e. The van der Waals surface area contributed by atoms with Gasteiger partial charge in [-0.15, -0.1) is 0 Å². The van der Waals surface area contributed by atoms with Crippen molar-refractivity contribution in [2.24, 2.45) is 0 Å². The molecule has 0 aliphatic carbocycles. The Balaban J connectivity index is 1.79. The molecule has 0 aromatic heterocycles. The average Bonchev–Trinajstić information content (AvgIpc) is 2.82. The topological polar surface area (TPSA) is 40.5 Å². The molecule has 2 N–H and O–H groups in total. The van der Waals surface area contributed by atoms with Crippen molar-refractivity contribution in [3.63, 3.8) is 0 Å². The Morgan fingerprint density at radius 3 is 1.74 bits per heavy atom. The summed E-state index contributed by atoms with van der Waals surface area (Å²) in [7, 11) is 0. The summed E-state index contributed by atoms with van der Waals surface area (Å²) in [5.41, 5.74) is 9.69. The first-order valence-electron chi connectivity index (χ1n) is 12.0. The average molecular weight is 485 g/mol. The minimum atomic E-state index is -0.286. The van der Waals surface area contributed by atoms with E-state index in [0.29, 0.717) is 10.8 Å². The van der Waals surface area contributed by atoms with Crippen molar-refractivity contribution >= 4 is 11.6 Å². The number of aromatic hydroxyl groups is 2. The van der Waals surface area contributed by atoms with Crippen LogP contribution < -0.4 is 0 Å². The van der Waals surface area contributed by atoms with E-state index >= 15 is 0 Å². The molecular formula is C32H33ClO2. The first-order chi connectivity index (χ1) is 16.5. The van der Waals surface area contributed by atoms with Gasteiger partial charge in [0.05, 0.1) is 5.02 Å². The Labute approximate surface area is 213 Å². The minimum absolute atomic E-state index is 0.0520. The number of phenolic OH excluding ortho intramolecular Hbond substituents is 2. The van der Waals surface area contributed by atoms with Crippen LogP contribution in [0, 0.1) is 27.7 Å². The summed E-state index contributed by atoms with van der Waals surface area (Å²) in [6.07, 6.45) is 0. The lowest BCUT2D eigenvalue weighted by Gasteiger charge is -2.28. The summed E-state index contributed by atoms with van der Waals surface area (Å²) >= 11 is 6.29. The molecule has 0 saturated heterocycles. The fourth-order valence-corrected chi connectivity index (χ4v) is 5.00. The molecule has 0 saturated carbocycles. The highest BCUT2D eigenvalue weighted by Gasteiger charge is 2.26. The Kier molecular flexibility index (Phi) is 6.71. The third kappa shape index (κ3) is 4.81. The maximum Gasteiger partial charge on any atom is 0.137 e. The Bertz CT molecular complexity index is 1310. The Hall–Kier alpha value is -3.23. The molecule has 4 aromatic carbocycles. The first kappa shape index (κ1) is 24.9. The van der Waals surface area contributed by atoms with Crippen molar-refractivity contribution in [2.45, 2.75) is 52.9 Å². The second kappa shape index (κ2) is 9.43. The second-order valence-electron chi connectivity index (χ2n) is 10.2. The Morgan fingerprint density at radius 1 is 0.600 bits per heavy atom. The van der Waals surface area contributed by atoms with Gasteiger partial charge in [0.15, 0.2) is 0 Å². The molecule has 0 fully saturated rings. The van der Waals surface area contributed by atoms with Crippen LogP contribution in [0.25, 0.3) is 0 Å². The fourth-order valence-electron chi connectivity index (χ4n) is 4.74. The van der Waals surface area contributed by atoms with Crippen LogP contribution in [0.4, 0.5) is 0 Å². The molecule has 1 atom stereocenters. The van der Waals surface area contributed by atoms with Crippen LogP contribution in [0.5, 0.6) is 11.5 Å². The van der Waals surface area contributed by atoms with Gasteiger partial charge < -0.3 is 10.2 Å². The van der Waals surface area contributed by atoms with E-state index in [-0.39, 0.29) is 17.1 Å². The van der Waals surface area contributed by atoms with Crippen molar-refractivity contribution in [3.05, 3.63) is 128 Å². The summed E-state index contributed by atoms with van der Waals surface area (Å²) in [4.78, 5) is 0. The lowest BCUT2D eigenvalue weighted by molar-refractivity contribution is 0.470. The van der Waals surface area contributed by atoms with E-state index in [1.807, 2.05) is 32.0 Å². The van der Waals surface area contributed by atoms with Gasteiger partial charge in [0.25, 0.3) is 0 Å². The quantitative estimate of drug-likeness (QED) is 0.279. The molecule has 0 aliphatic rings. The molecule has 3 heteroatoms. The van der Waals surface area contributed by atoms with Gasteiger partial charge in [-0.2, -0.15) is 0 Å². The van der Waals surface area contributed by atoms with Crippen molar-refractivity contribution < 1.29 is 10.2 Å². The number of aryl methyl sites for hydroxylation is 4. The van der Waals surface area contributed by atoms with Gasteiger partial charge in [-0.1, -0.05) is 86.1 Å². The zero-order valence-corrected chi connectivity index (χ0v) is 22.0. The van der Waals surface area contributed by atoms with Crippen molar-refractivity contribution in [1.82, 2.24) is 0 Å². The van der Waals surface area contributed by atoms with Gasteiger partial charge in [0, 0.05) is 11.3 Å². The van der Waals surface area contributed by atoms with E-state index in [9.17, 15) is 10.2 Å². The highest BCUT2D eigenvalue weighted by molar-refractivity contribution is 6.32. The molecule has 180 valence electrons. The van der Waals surface area contributed by atoms with Crippen LogP contribution in [0.15, 0.2) is 72.8 Å². The number of rotatable bonds is 5. The van der Waals surface area contributed by atoms with Crippen LogP contribution in [0.2, 0.25) is 5.02 Å².